The van der Waals surface area contributed by atoms with E-state index in [0.717, 1.165) is 25.7 Å². The normalized spacial score (nSPS) is 44.6. The van der Waals surface area contributed by atoms with E-state index in [1.165, 1.54) is 19.3 Å². The number of nitrogens with one attached hydrogen (secondary N) is 1. The van der Waals surface area contributed by atoms with Crippen molar-refractivity contribution in [2.75, 3.05) is 19.8 Å². The number of ether oxygens (including phenoxy) is 2. The van der Waals surface area contributed by atoms with Gasteiger partial charge < -0.3 is 14.8 Å². The summed E-state index contributed by atoms with van der Waals surface area (Å²) in [7, 11) is 0. The monoisotopic (exact) mass is 239 g/mol. The van der Waals surface area contributed by atoms with Crippen molar-refractivity contribution in [1.82, 2.24) is 5.32 Å². The van der Waals surface area contributed by atoms with E-state index in [-0.39, 0.29) is 6.29 Å². The average molecular weight is 239 g/mol. The molecule has 0 spiro atoms. The largest absolute Gasteiger partial charge is 0.349 e. The summed E-state index contributed by atoms with van der Waals surface area (Å²) in [6.45, 7) is 9.73. The molecule has 0 aromatic carbocycles. The van der Waals surface area contributed by atoms with Crippen molar-refractivity contribution in [3.05, 3.63) is 0 Å². The van der Waals surface area contributed by atoms with Crippen molar-refractivity contribution in [3.8, 4) is 0 Å². The molecule has 0 unspecified atom stereocenters. The maximum atomic E-state index is 5.49. The van der Waals surface area contributed by atoms with E-state index >= 15 is 0 Å². The van der Waals surface area contributed by atoms with Gasteiger partial charge in [-0.1, -0.05) is 20.8 Å². The summed E-state index contributed by atoms with van der Waals surface area (Å²) in [6, 6.07) is 0.643. The molecule has 3 heteroatoms. The van der Waals surface area contributed by atoms with Gasteiger partial charge in [0.05, 0.1) is 13.2 Å². The van der Waals surface area contributed by atoms with Gasteiger partial charge in [0.1, 0.15) is 0 Å². The lowest BCUT2D eigenvalue weighted by atomic mass is 9.69. The van der Waals surface area contributed by atoms with Crippen LogP contribution in [0.1, 0.15) is 40.0 Å². The lowest BCUT2D eigenvalue weighted by Crippen LogP contribution is -2.46. The first-order valence-corrected chi connectivity index (χ1v) is 7.00. The van der Waals surface area contributed by atoms with E-state index in [9.17, 15) is 0 Å². The SMILES string of the molecule is CC1(C)[C@H]2CC[C@@]1(C)[C@@H](NCC1OCCO1)C2. The minimum absolute atomic E-state index is 0.0131. The van der Waals surface area contributed by atoms with Gasteiger partial charge in [0.15, 0.2) is 6.29 Å². The Labute approximate surface area is 104 Å². The highest BCUT2D eigenvalue weighted by Crippen LogP contribution is 2.65. The first kappa shape index (κ1) is 11.9. The molecule has 98 valence electrons. The van der Waals surface area contributed by atoms with Gasteiger partial charge in [-0.2, -0.15) is 0 Å². The molecule has 1 heterocycles. The molecule has 3 aliphatic rings. The third kappa shape index (κ3) is 1.66. The number of hydrogen-bond donors (Lipinski definition) is 1. The standard InChI is InChI=1S/C14H25NO2/c1-13(2)10-4-5-14(13,3)11(8-10)15-9-12-16-6-7-17-12/h10-12,15H,4-9H2,1-3H3/t10-,11-,14-/m0/s1. The van der Waals surface area contributed by atoms with E-state index in [0.29, 0.717) is 16.9 Å². The first-order chi connectivity index (χ1) is 8.04. The molecule has 0 aromatic rings. The van der Waals surface area contributed by atoms with Crippen LogP contribution in [0.3, 0.4) is 0 Å². The Morgan fingerprint density at radius 3 is 2.41 bits per heavy atom. The molecule has 0 radical (unpaired) electrons. The van der Waals surface area contributed by atoms with Crippen molar-refractivity contribution in [2.45, 2.75) is 52.4 Å². The molecule has 1 aliphatic heterocycles. The molecule has 2 bridgehead atoms. The number of rotatable bonds is 3. The second-order valence-electron chi connectivity index (χ2n) is 6.74. The Hall–Kier alpha value is -0.120. The quantitative estimate of drug-likeness (QED) is 0.818. The maximum absolute atomic E-state index is 5.49. The molecule has 3 rings (SSSR count). The Morgan fingerprint density at radius 2 is 1.88 bits per heavy atom. The zero-order valence-corrected chi connectivity index (χ0v) is 11.3. The van der Waals surface area contributed by atoms with Crippen molar-refractivity contribution >= 4 is 0 Å². The Bertz CT molecular complexity index is 299. The van der Waals surface area contributed by atoms with Gasteiger partial charge in [-0.15, -0.1) is 0 Å². The van der Waals surface area contributed by atoms with Crippen LogP contribution in [0.25, 0.3) is 0 Å². The van der Waals surface area contributed by atoms with Gasteiger partial charge in [-0.05, 0) is 36.0 Å². The van der Waals surface area contributed by atoms with Crippen LogP contribution in [0, 0.1) is 16.7 Å². The molecule has 3 nitrogen and oxygen atoms in total. The Balaban J connectivity index is 1.62. The van der Waals surface area contributed by atoms with Crippen LogP contribution in [0.2, 0.25) is 0 Å². The summed E-state index contributed by atoms with van der Waals surface area (Å²) in [4.78, 5) is 0. The molecular weight excluding hydrogens is 214 g/mol. The van der Waals surface area contributed by atoms with Crippen molar-refractivity contribution in [1.29, 1.82) is 0 Å². The van der Waals surface area contributed by atoms with Crippen LogP contribution >= 0.6 is 0 Å². The second kappa shape index (κ2) is 3.94. The first-order valence-electron chi connectivity index (χ1n) is 7.00. The molecule has 2 saturated carbocycles. The highest BCUT2D eigenvalue weighted by atomic mass is 16.7. The second-order valence-corrected chi connectivity index (χ2v) is 6.74. The minimum Gasteiger partial charge on any atom is -0.349 e. The summed E-state index contributed by atoms with van der Waals surface area (Å²) in [5, 5.41) is 3.70. The van der Waals surface area contributed by atoms with E-state index in [1.807, 2.05) is 0 Å². The molecule has 0 amide bonds. The van der Waals surface area contributed by atoms with Crippen LogP contribution in [-0.2, 0) is 9.47 Å². The molecule has 3 fully saturated rings. The van der Waals surface area contributed by atoms with E-state index in [1.54, 1.807) is 0 Å². The fourth-order valence-electron chi connectivity index (χ4n) is 4.28. The number of fused-ring (bicyclic) bond motifs is 2. The summed E-state index contributed by atoms with van der Waals surface area (Å²) < 4.78 is 11.0. The van der Waals surface area contributed by atoms with Crippen molar-refractivity contribution in [2.24, 2.45) is 16.7 Å². The minimum atomic E-state index is -0.0131. The topological polar surface area (TPSA) is 30.5 Å². The molecule has 17 heavy (non-hydrogen) atoms. The van der Waals surface area contributed by atoms with Crippen LogP contribution < -0.4 is 5.32 Å². The van der Waals surface area contributed by atoms with Gasteiger partial charge in [-0.25, -0.2) is 0 Å². The van der Waals surface area contributed by atoms with Gasteiger partial charge in [0.2, 0.25) is 0 Å². The summed E-state index contributed by atoms with van der Waals surface area (Å²) in [5.41, 5.74) is 0.943. The van der Waals surface area contributed by atoms with Gasteiger partial charge >= 0.3 is 0 Å². The number of hydrogen-bond acceptors (Lipinski definition) is 3. The molecular formula is C14H25NO2. The van der Waals surface area contributed by atoms with Crippen molar-refractivity contribution in [3.63, 3.8) is 0 Å². The third-order valence-electron chi connectivity index (χ3n) is 6.02. The third-order valence-corrected chi connectivity index (χ3v) is 6.02. The van der Waals surface area contributed by atoms with Crippen LogP contribution in [0.15, 0.2) is 0 Å². The van der Waals surface area contributed by atoms with Gasteiger partial charge in [0, 0.05) is 12.6 Å². The Morgan fingerprint density at radius 1 is 1.18 bits per heavy atom. The van der Waals surface area contributed by atoms with E-state index in [4.69, 9.17) is 9.47 Å². The van der Waals surface area contributed by atoms with Gasteiger partial charge in [0.25, 0.3) is 0 Å². The molecule has 2 aliphatic carbocycles. The summed E-state index contributed by atoms with van der Waals surface area (Å²) >= 11 is 0. The molecule has 3 atom stereocenters. The lowest BCUT2D eigenvalue weighted by molar-refractivity contribution is -0.0440. The predicted octanol–water partition coefficient (Wildman–Crippen LogP) is 2.16. The average Bonchev–Trinajstić information content (AvgIpc) is 2.91. The van der Waals surface area contributed by atoms with E-state index < -0.39 is 0 Å². The van der Waals surface area contributed by atoms with Gasteiger partial charge in [-0.3, -0.25) is 0 Å². The van der Waals surface area contributed by atoms with E-state index in [2.05, 4.69) is 26.1 Å². The smallest absolute Gasteiger partial charge is 0.170 e. The van der Waals surface area contributed by atoms with Crippen LogP contribution in [0.5, 0.6) is 0 Å². The predicted molar refractivity (Wildman–Crippen MR) is 66.7 cm³/mol. The Kier molecular flexibility index (Phi) is 2.77. The van der Waals surface area contributed by atoms with Crippen LogP contribution in [0.4, 0.5) is 0 Å². The fourth-order valence-corrected chi connectivity index (χ4v) is 4.28. The molecule has 0 aromatic heterocycles. The van der Waals surface area contributed by atoms with Crippen LogP contribution in [-0.4, -0.2) is 32.1 Å². The summed E-state index contributed by atoms with van der Waals surface area (Å²) in [6.07, 6.45) is 4.10. The highest BCUT2D eigenvalue weighted by molar-refractivity contribution is 5.12. The maximum Gasteiger partial charge on any atom is 0.170 e. The summed E-state index contributed by atoms with van der Waals surface area (Å²) in [5.74, 6) is 0.899. The highest BCUT2D eigenvalue weighted by Gasteiger charge is 2.61. The lowest BCUT2D eigenvalue weighted by Gasteiger charge is -2.39. The molecule has 1 saturated heterocycles. The zero-order chi connectivity index (χ0) is 12.1. The molecule has 1 N–H and O–H groups in total. The van der Waals surface area contributed by atoms with Crippen molar-refractivity contribution < 1.29 is 9.47 Å². The fraction of sp³-hybridized carbons (Fsp3) is 1.00. The zero-order valence-electron chi connectivity index (χ0n) is 11.3.